The second kappa shape index (κ2) is 9.93. The van der Waals surface area contributed by atoms with Gasteiger partial charge in [0.25, 0.3) is 0 Å². The van der Waals surface area contributed by atoms with Crippen molar-refractivity contribution in [2.24, 2.45) is 0 Å². The number of hydrogen-bond donors (Lipinski definition) is 1. The molecular weight excluding hydrogens is 438 g/mol. The normalized spacial score (nSPS) is 21.8. The number of aryl methyl sites for hydroxylation is 1. The second-order valence-corrected chi connectivity index (χ2v) is 11.2. The molecule has 2 aliphatic rings. The van der Waals surface area contributed by atoms with E-state index in [0.29, 0.717) is 31.4 Å². The van der Waals surface area contributed by atoms with Crippen LogP contribution in [0.1, 0.15) is 37.8 Å². The van der Waals surface area contributed by atoms with Gasteiger partial charge in [-0.05, 0) is 63.4 Å². The molecule has 7 nitrogen and oxygen atoms in total. The first-order valence-electron chi connectivity index (χ1n) is 11.6. The minimum Gasteiger partial charge on any atom is -0.373 e. The zero-order valence-electron chi connectivity index (χ0n) is 19.5. The number of nitrogens with one attached hydrogen (secondary N) is 1. The van der Waals surface area contributed by atoms with Gasteiger partial charge in [0.1, 0.15) is 0 Å². The number of rotatable bonds is 8. The molecule has 1 amide bonds. The Bertz CT molecular complexity index is 1060. The number of nitrogens with zero attached hydrogens (tertiary/aromatic N) is 2. The van der Waals surface area contributed by atoms with Crippen molar-refractivity contribution in [1.29, 1.82) is 0 Å². The van der Waals surface area contributed by atoms with E-state index in [-0.39, 0.29) is 23.0 Å². The lowest BCUT2D eigenvalue weighted by Crippen LogP contribution is -2.48. The molecule has 2 unspecified atom stereocenters. The SMILES string of the molecule is Cc1ccc(CN(CC(=O)Nc2ccc(S(=O)(=O)N3CC(C)OC(C)C3)cc2)C2CC2)cc1. The highest BCUT2D eigenvalue weighted by molar-refractivity contribution is 7.89. The molecule has 1 N–H and O–H groups in total. The van der Waals surface area contributed by atoms with Crippen LogP contribution in [0.25, 0.3) is 0 Å². The Morgan fingerprint density at radius 2 is 1.64 bits per heavy atom. The zero-order chi connectivity index (χ0) is 23.6. The summed E-state index contributed by atoms with van der Waals surface area (Å²) in [4.78, 5) is 15.1. The van der Waals surface area contributed by atoms with E-state index >= 15 is 0 Å². The fourth-order valence-corrected chi connectivity index (χ4v) is 5.84. The first-order valence-corrected chi connectivity index (χ1v) is 13.0. The number of hydrogen-bond acceptors (Lipinski definition) is 5. The molecule has 0 spiro atoms. The highest BCUT2D eigenvalue weighted by Crippen LogP contribution is 2.28. The Kier molecular flexibility index (Phi) is 7.19. The van der Waals surface area contributed by atoms with E-state index in [4.69, 9.17) is 4.74 Å². The minimum absolute atomic E-state index is 0.0968. The van der Waals surface area contributed by atoms with E-state index < -0.39 is 10.0 Å². The molecular formula is C25H33N3O4S. The minimum atomic E-state index is -3.60. The van der Waals surface area contributed by atoms with Gasteiger partial charge < -0.3 is 10.1 Å². The third-order valence-corrected chi connectivity index (χ3v) is 7.92. The van der Waals surface area contributed by atoms with Gasteiger partial charge >= 0.3 is 0 Å². The van der Waals surface area contributed by atoms with Crippen LogP contribution in [0.4, 0.5) is 5.69 Å². The quantitative estimate of drug-likeness (QED) is 0.638. The fourth-order valence-electron chi connectivity index (χ4n) is 4.25. The molecule has 4 rings (SSSR count). The zero-order valence-corrected chi connectivity index (χ0v) is 20.3. The van der Waals surface area contributed by atoms with Gasteiger partial charge in [-0.1, -0.05) is 29.8 Å². The maximum Gasteiger partial charge on any atom is 0.243 e. The van der Waals surface area contributed by atoms with Crippen molar-refractivity contribution in [1.82, 2.24) is 9.21 Å². The topological polar surface area (TPSA) is 79.0 Å². The van der Waals surface area contributed by atoms with E-state index in [1.165, 1.54) is 15.4 Å². The summed E-state index contributed by atoms with van der Waals surface area (Å²) in [7, 11) is -3.60. The lowest BCUT2D eigenvalue weighted by Gasteiger charge is -2.34. The maximum absolute atomic E-state index is 13.0. The van der Waals surface area contributed by atoms with Crippen molar-refractivity contribution in [3.63, 3.8) is 0 Å². The van der Waals surface area contributed by atoms with Crippen molar-refractivity contribution in [3.8, 4) is 0 Å². The summed E-state index contributed by atoms with van der Waals surface area (Å²) in [5.74, 6) is -0.0968. The number of sulfonamides is 1. The van der Waals surface area contributed by atoms with Gasteiger partial charge in [0, 0.05) is 31.4 Å². The molecule has 0 bridgehead atoms. The molecule has 8 heteroatoms. The lowest BCUT2D eigenvalue weighted by atomic mass is 10.1. The molecule has 2 fully saturated rings. The van der Waals surface area contributed by atoms with Crippen LogP contribution in [0, 0.1) is 6.92 Å². The molecule has 33 heavy (non-hydrogen) atoms. The van der Waals surface area contributed by atoms with Gasteiger partial charge in [-0.15, -0.1) is 0 Å². The van der Waals surface area contributed by atoms with Crippen LogP contribution < -0.4 is 5.32 Å². The number of benzene rings is 2. The van der Waals surface area contributed by atoms with Gasteiger partial charge in [0.15, 0.2) is 0 Å². The average molecular weight is 472 g/mol. The standard InChI is InChI=1S/C25H33N3O4S/c1-18-4-6-21(7-5-18)16-27(23-10-11-23)17-25(29)26-22-8-12-24(13-9-22)33(30,31)28-14-19(2)32-20(3)15-28/h4-9,12-13,19-20,23H,10-11,14-17H2,1-3H3,(H,26,29). The second-order valence-electron chi connectivity index (χ2n) is 9.27. The molecule has 2 atom stereocenters. The summed E-state index contributed by atoms with van der Waals surface area (Å²) in [6.45, 7) is 7.54. The summed E-state index contributed by atoms with van der Waals surface area (Å²) < 4.78 is 33.1. The van der Waals surface area contributed by atoms with Crippen molar-refractivity contribution in [3.05, 3.63) is 59.7 Å². The summed E-state index contributed by atoms with van der Waals surface area (Å²) in [6, 6.07) is 15.3. The van der Waals surface area contributed by atoms with Gasteiger partial charge in [-0.25, -0.2) is 8.42 Å². The molecule has 2 aromatic carbocycles. The highest BCUT2D eigenvalue weighted by atomic mass is 32.2. The number of carbonyl (C=O) groups excluding carboxylic acids is 1. The molecule has 1 heterocycles. The lowest BCUT2D eigenvalue weighted by molar-refractivity contribution is -0.117. The first kappa shape index (κ1) is 23.9. The van der Waals surface area contributed by atoms with Gasteiger partial charge in [0.2, 0.25) is 15.9 Å². The van der Waals surface area contributed by atoms with E-state index in [1.54, 1.807) is 24.3 Å². The van der Waals surface area contributed by atoms with Crippen LogP contribution in [-0.2, 0) is 26.1 Å². The molecule has 0 radical (unpaired) electrons. The van der Waals surface area contributed by atoms with E-state index in [9.17, 15) is 13.2 Å². The third kappa shape index (κ3) is 6.20. The van der Waals surface area contributed by atoms with Crippen LogP contribution in [0.15, 0.2) is 53.4 Å². The fraction of sp³-hybridized carbons (Fsp3) is 0.480. The Balaban J connectivity index is 1.37. The summed E-state index contributed by atoms with van der Waals surface area (Å²) >= 11 is 0. The van der Waals surface area contributed by atoms with Crippen LogP contribution in [0.3, 0.4) is 0 Å². The monoisotopic (exact) mass is 471 g/mol. The smallest absolute Gasteiger partial charge is 0.243 e. The van der Waals surface area contributed by atoms with Gasteiger partial charge in [-0.2, -0.15) is 4.31 Å². The third-order valence-electron chi connectivity index (χ3n) is 6.08. The number of amides is 1. The van der Waals surface area contributed by atoms with Gasteiger partial charge in [0.05, 0.1) is 23.6 Å². The summed E-state index contributed by atoms with van der Waals surface area (Å²) in [6.07, 6.45) is 1.95. The van der Waals surface area contributed by atoms with E-state index in [0.717, 1.165) is 19.4 Å². The Labute approximate surface area is 196 Å². The Morgan fingerprint density at radius 3 is 2.21 bits per heavy atom. The molecule has 178 valence electrons. The number of carbonyl (C=O) groups is 1. The van der Waals surface area contributed by atoms with Crippen LogP contribution in [0.5, 0.6) is 0 Å². The molecule has 1 saturated heterocycles. The number of ether oxygens (including phenoxy) is 1. The Morgan fingerprint density at radius 1 is 1.03 bits per heavy atom. The van der Waals surface area contributed by atoms with Crippen molar-refractivity contribution < 1.29 is 17.9 Å². The Hall–Kier alpha value is -2.26. The van der Waals surface area contributed by atoms with Crippen molar-refractivity contribution >= 4 is 21.6 Å². The molecule has 0 aromatic heterocycles. The summed E-state index contributed by atoms with van der Waals surface area (Å²) in [5, 5.41) is 2.91. The van der Waals surface area contributed by atoms with E-state index in [2.05, 4.69) is 41.4 Å². The average Bonchev–Trinajstić information content (AvgIpc) is 3.60. The molecule has 1 saturated carbocycles. The predicted molar refractivity (Wildman–Crippen MR) is 128 cm³/mol. The number of anilines is 1. The van der Waals surface area contributed by atoms with Crippen molar-refractivity contribution in [2.45, 2.75) is 63.3 Å². The molecule has 2 aromatic rings. The highest BCUT2D eigenvalue weighted by Gasteiger charge is 2.32. The van der Waals surface area contributed by atoms with Crippen LogP contribution in [-0.4, -0.2) is 61.4 Å². The van der Waals surface area contributed by atoms with E-state index in [1.807, 2.05) is 13.8 Å². The maximum atomic E-state index is 13.0. The molecule has 1 aliphatic heterocycles. The van der Waals surface area contributed by atoms with Gasteiger partial charge in [-0.3, -0.25) is 9.69 Å². The molecule has 1 aliphatic carbocycles. The largest absolute Gasteiger partial charge is 0.373 e. The number of morpholine rings is 1. The summed E-state index contributed by atoms with van der Waals surface area (Å²) in [5.41, 5.74) is 3.01. The van der Waals surface area contributed by atoms with Crippen LogP contribution in [0.2, 0.25) is 0 Å². The first-order chi connectivity index (χ1) is 15.7. The van der Waals surface area contributed by atoms with Crippen molar-refractivity contribution in [2.75, 3.05) is 25.0 Å². The van der Waals surface area contributed by atoms with Crippen LogP contribution >= 0.6 is 0 Å². The predicted octanol–water partition coefficient (Wildman–Crippen LogP) is 3.40.